The molecule has 288 valence electrons. The highest BCUT2D eigenvalue weighted by atomic mass is 31.2. The normalized spacial score (nSPS) is 24.5. The molecule has 14 heteroatoms. The molecule has 0 aromatic carbocycles. The van der Waals surface area contributed by atoms with Gasteiger partial charge in [-0.1, -0.05) is 103 Å². The van der Waals surface area contributed by atoms with Gasteiger partial charge in [-0.2, -0.15) is 0 Å². The minimum atomic E-state index is -5.10. The number of aliphatic hydroxyl groups excluding tert-OH is 5. The van der Waals surface area contributed by atoms with E-state index < -0.39 is 75.7 Å². The number of phosphoric acid groups is 1. The fourth-order valence-corrected chi connectivity index (χ4v) is 6.49. The van der Waals surface area contributed by atoms with Crippen molar-refractivity contribution in [2.24, 2.45) is 0 Å². The van der Waals surface area contributed by atoms with Crippen LogP contribution in [0.1, 0.15) is 142 Å². The van der Waals surface area contributed by atoms with Crippen LogP contribution in [0.15, 0.2) is 12.2 Å². The van der Waals surface area contributed by atoms with Gasteiger partial charge >= 0.3 is 19.8 Å². The molecule has 0 heterocycles. The van der Waals surface area contributed by atoms with Gasteiger partial charge in [0.15, 0.2) is 6.10 Å². The predicted molar refractivity (Wildman–Crippen MR) is 184 cm³/mol. The fourth-order valence-electron chi connectivity index (χ4n) is 5.52. The number of carbonyl (C=O) groups excluding carboxylic acids is 2. The molecule has 0 aromatic heterocycles. The van der Waals surface area contributed by atoms with E-state index in [-0.39, 0.29) is 12.8 Å². The van der Waals surface area contributed by atoms with Crippen molar-refractivity contribution < 1.29 is 63.1 Å². The number of hydrogen-bond donors (Lipinski definition) is 6. The van der Waals surface area contributed by atoms with Gasteiger partial charge in [0.1, 0.15) is 43.2 Å². The van der Waals surface area contributed by atoms with Crippen LogP contribution in [-0.4, -0.2) is 98.3 Å². The lowest BCUT2D eigenvalue weighted by molar-refractivity contribution is -0.220. The van der Waals surface area contributed by atoms with E-state index in [4.69, 9.17) is 18.5 Å². The Bertz CT molecular complexity index is 932. The molecule has 1 aliphatic rings. The Balaban J connectivity index is 2.56. The van der Waals surface area contributed by atoms with Crippen molar-refractivity contribution in [3.63, 3.8) is 0 Å². The summed E-state index contributed by atoms with van der Waals surface area (Å²) in [6.45, 7) is 3.18. The van der Waals surface area contributed by atoms with Gasteiger partial charge in [0.05, 0.1) is 6.61 Å². The molecular formula is C35H65O13P. The molecule has 0 aliphatic heterocycles. The van der Waals surface area contributed by atoms with E-state index >= 15 is 0 Å². The van der Waals surface area contributed by atoms with Crippen LogP contribution in [0.3, 0.4) is 0 Å². The maximum absolute atomic E-state index is 12.7. The molecule has 0 saturated heterocycles. The van der Waals surface area contributed by atoms with Crippen molar-refractivity contribution in [3.05, 3.63) is 12.2 Å². The SMILES string of the molecule is CCCCC/C=C/CCCCCCCC(=O)OC[C@H](COP(=O)(O)OC1C(O)C(O)C(O)[C@@H](O)C1O)OC(=O)CCCCCCCCCC. The van der Waals surface area contributed by atoms with Gasteiger partial charge in [-0.3, -0.25) is 18.6 Å². The van der Waals surface area contributed by atoms with Gasteiger partial charge in [-0.15, -0.1) is 0 Å². The lowest BCUT2D eigenvalue weighted by atomic mass is 9.85. The third-order valence-corrected chi connectivity index (χ3v) is 9.59. The smallest absolute Gasteiger partial charge is 0.462 e. The maximum atomic E-state index is 12.7. The minimum absolute atomic E-state index is 0.0971. The topological polar surface area (TPSA) is 210 Å². The van der Waals surface area contributed by atoms with Crippen LogP contribution in [0.25, 0.3) is 0 Å². The van der Waals surface area contributed by atoms with Crippen LogP contribution in [0.4, 0.5) is 0 Å². The first-order valence-corrected chi connectivity index (χ1v) is 20.0. The maximum Gasteiger partial charge on any atom is 0.472 e. The van der Waals surface area contributed by atoms with E-state index in [0.717, 1.165) is 64.2 Å². The van der Waals surface area contributed by atoms with Crippen molar-refractivity contribution in [2.75, 3.05) is 13.2 Å². The highest BCUT2D eigenvalue weighted by Gasteiger charge is 2.51. The molecule has 6 unspecified atom stereocenters. The number of unbranched alkanes of at least 4 members (excludes halogenated alkanes) is 15. The average molecular weight is 725 g/mol. The van der Waals surface area contributed by atoms with Gasteiger partial charge in [0.2, 0.25) is 0 Å². The lowest BCUT2D eigenvalue weighted by Crippen LogP contribution is -2.64. The van der Waals surface area contributed by atoms with E-state index in [0.29, 0.717) is 12.8 Å². The molecule has 6 N–H and O–H groups in total. The molecule has 0 amide bonds. The van der Waals surface area contributed by atoms with Crippen molar-refractivity contribution in [1.82, 2.24) is 0 Å². The standard InChI is InChI=1S/C35H65O13P/c1-3-5-7-9-11-13-14-15-16-18-19-21-23-28(36)45-25-27(47-29(37)24-22-20-17-12-10-8-6-4-2)26-46-49(43,44)48-35-33(41)31(39)30(38)32(40)34(35)42/h11,13,27,30-35,38-42H,3-10,12,14-26H2,1-2H3,(H,43,44)/b13-11+/t27-,30?,31-,32?,33?,34?,35?/m1/s1. The summed E-state index contributed by atoms with van der Waals surface area (Å²) in [5, 5.41) is 49.8. The number of esters is 2. The van der Waals surface area contributed by atoms with Crippen molar-refractivity contribution in [1.29, 1.82) is 0 Å². The molecule has 0 aromatic rings. The summed E-state index contributed by atoms with van der Waals surface area (Å²) in [5.41, 5.74) is 0. The molecule has 0 radical (unpaired) electrons. The third kappa shape index (κ3) is 20.9. The van der Waals surface area contributed by atoms with E-state index in [9.17, 15) is 44.6 Å². The highest BCUT2D eigenvalue weighted by molar-refractivity contribution is 7.47. The number of carbonyl (C=O) groups is 2. The third-order valence-electron chi connectivity index (χ3n) is 8.61. The number of phosphoric ester groups is 1. The van der Waals surface area contributed by atoms with Crippen molar-refractivity contribution in [3.8, 4) is 0 Å². The Morgan fingerprint density at radius 1 is 0.612 bits per heavy atom. The zero-order valence-corrected chi connectivity index (χ0v) is 30.6. The van der Waals surface area contributed by atoms with Crippen molar-refractivity contribution >= 4 is 19.8 Å². The Labute approximate surface area is 293 Å². The van der Waals surface area contributed by atoms with Crippen LogP contribution >= 0.6 is 7.82 Å². The molecule has 0 bridgehead atoms. The first-order chi connectivity index (χ1) is 23.4. The molecular weight excluding hydrogens is 659 g/mol. The highest BCUT2D eigenvalue weighted by Crippen LogP contribution is 2.47. The van der Waals surface area contributed by atoms with Crippen LogP contribution in [0.5, 0.6) is 0 Å². The molecule has 8 atom stereocenters. The Morgan fingerprint density at radius 2 is 1.04 bits per heavy atom. The van der Waals surface area contributed by atoms with E-state index in [1.54, 1.807) is 0 Å². The second-order valence-corrected chi connectivity index (χ2v) is 14.5. The van der Waals surface area contributed by atoms with E-state index in [2.05, 4.69) is 26.0 Å². The zero-order chi connectivity index (χ0) is 36.5. The van der Waals surface area contributed by atoms with Gasteiger partial charge in [0.25, 0.3) is 0 Å². The number of ether oxygens (including phenoxy) is 2. The first kappa shape index (κ1) is 45.6. The molecule has 1 rings (SSSR count). The number of hydrogen-bond acceptors (Lipinski definition) is 12. The quantitative estimate of drug-likeness (QED) is 0.0255. The van der Waals surface area contributed by atoms with Gasteiger partial charge in [0, 0.05) is 12.8 Å². The minimum Gasteiger partial charge on any atom is -0.462 e. The summed E-state index contributed by atoms with van der Waals surface area (Å²) in [6, 6.07) is 0. The van der Waals surface area contributed by atoms with E-state index in [1.165, 1.54) is 38.5 Å². The first-order valence-electron chi connectivity index (χ1n) is 18.5. The lowest BCUT2D eigenvalue weighted by Gasteiger charge is -2.41. The molecule has 0 spiro atoms. The Morgan fingerprint density at radius 3 is 1.59 bits per heavy atom. The van der Waals surface area contributed by atoms with Crippen LogP contribution in [-0.2, 0) is 32.7 Å². The van der Waals surface area contributed by atoms with Crippen LogP contribution in [0, 0.1) is 0 Å². The summed E-state index contributed by atoms with van der Waals surface area (Å²) in [5.74, 6) is -1.11. The average Bonchev–Trinajstić information content (AvgIpc) is 3.07. The van der Waals surface area contributed by atoms with Crippen LogP contribution < -0.4 is 0 Å². The summed E-state index contributed by atoms with van der Waals surface area (Å²) in [6.07, 6.45) is 10.3. The summed E-state index contributed by atoms with van der Waals surface area (Å²) >= 11 is 0. The molecule has 1 fully saturated rings. The Kier molecular flexibility index (Phi) is 25.4. The van der Waals surface area contributed by atoms with Crippen LogP contribution in [0.2, 0.25) is 0 Å². The van der Waals surface area contributed by atoms with Crippen molar-refractivity contribution in [2.45, 2.75) is 185 Å². The second-order valence-electron chi connectivity index (χ2n) is 13.1. The fraction of sp³-hybridized carbons (Fsp3) is 0.886. The Hall–Kier alpha value is -1.41. The monoisotopic (exact) mass is 724 g/mol. The summed E-state index contributed by atoms with van der Waals surface area (Å²) in [4.78, 5) is 35.3. The number of allylic oxidation sites excluding steroid dienone is 2. The van der Waals surface area contributed by atoms with Gasteiger partial charge < -0.3 is 39.9 Å². The second kappa shape index (κ2) is 27.3. The van der Waals surface area contributed by atoms with Gasteiger partial charge in [-0.05, 0) is 38.5 Å². The molecule has 13 nitrogen and oxygen atoms in total. The summed E-state index contributed by atoms with van der Waals surface area (Å²) < 4.78 is 33.2. The molecule has 1 aliphatic carbocycles. The largest absolute Gasteiger partial charge is 0.472 e. The van der Waals surface area contributed by atoms with Gasteiger partial charge in [-0.25, -0.2) is 4.57 Å². The number of rotatable bonds is 29. The molecule has 49 heavy (non-hydrogen) atoms. The van der Waals surface area contributed by atoms with E-state index in [1.807, 2.05) is 0 Å². The zero-order valence-electron chi connectivity index (χ0n) is 29.7. The molecule has 1 saturated carbocycles. The number of aliphatic hydroxyl groups is 5. The summed E-state index contributed by atoms with van der Waals surface area (Å²) in [7, 11) is -5.10. The predicted octanol–water partition coefficient (Wildman–Crippen LogP) is 5.16.